The van der Waals surface area contributed by atoms with Crippen LogP contribution >= 0.6 is 0 Å². The first kappa shape index (κ1) is 23.6. The van der Waals surface area contributed by atoms with Crippen molar-refractivity contribution in [1.29, 1.82) is 0 Å². The van der Waals surface area contributed by atoms with E-state index in [9.17, 15) is 27.6 Å². The van der Waals surface area contributed by atoms with Crippen LogP contribution in [0.1, 0.15) is 28.8 Å². The van der Waals surface area contributed by atoms with Crippen LogP contribution in [-0.2, 0) is 15.8 Å². The molecule has 3 amide bonds. The Morgan fingerprint density at radius 1 is 0.941 bits per heavy atom. The average molecular weight is 475 g/mol. The van der Waals surface area contributed by atoms with Gasteiger partial charge in [-0.25, -0.2) is 0 Å². The standard InChI is InChI=1S/C24H24F3N3O4/c25-24(26,27)20-7-2-1-6-19(20)23(33)30-12-10-29(11-13-30)21(31)15-34-18-5-3-4-17(14-18)28-22(32)16-8-9-16/h1-7,14,16H,8-13,15H2,(H,28,32). The van der Waals surface area contributed by atoms with E-state index in [1.807, 2.05) is 0 Å². The van der Waals surface area contributed by atoms with E-state index in [1.54, 1.807) is 24.3 Å². The highest BCUT2D eigenvalue weighted by atomic mass is 19.4. The van der Waals surface area contributed by atoms with Gasteiger partial charge in [-0.2, -0.15) is 13.2 Å². The number of nitrogens with zero attached hydrogens (tertiary/aromatic N) is 2. The summed E-state index contributed by atoms with van der Waals surface area (Å²) >= 11 is 0. The molecule has 0 spiro atoms. The third-order valence-corrected chi connectivity index (χ3v) is 5.79. The van der Waals surface area contributed by atoms with Crippen LogP contribution in [0.5, 0.6) is 5.75 Å². The summed E-state index contributed by atoms with van der Waals surface area (Å²) in [6, 6.07) is 11.5. The lowest BCUT2D eigenvalue weighted by Gasteiger charge is -2.35. The molecule has 0 atom stereocenters. The third kappa shape index (κ3) is 5.67. The lowest BCUT2D eigenvalue weighted by atomic mass is 10.1. The van der Waals surface area contributed by atoms with Gasteiger partial charge in [0, 0.05) is 43.9 Å². The number of benzene rings is 2. The summed E-state index contributed by atoms with van der Waals surface area (Å²) in [6.45, 7) is 0.406. The second-order valence-electron chi connectivity index (χ2n) is 8.30. The molecular weight excluding hydrogens is 451 g/mol. The zero-order chi connectivity index (χ0) is 24.3. The first-order valence-corrected chi connectivity index (χ1v) is 11.0. The van der Waals surface area contributed by atoms with Crippen molar-refractivity contribution in [3.8, 4) is 5.75 Å². The molecule has 2 aliphatic rings. The number of nitrogens with one attached hydrogen (secondary N) is 1. The fourth-order valence-electron chi connectivity index (χ4n) is 3.74. The largest absolute Gasteiger partial charge is 0.484 e. The molecule has 1 saturated heterocycles. The number of piperazine rings is 1. The van der Waals surface area contributed by atoms with Crippen molar-refractivity contribution in [2.24, 2.45) is 5.92 Å². The van der Waals surface area contributed by atoms with Gasteiger partial charge in [-0.15, -0.1) is 0 Å². The molecule has 1 N–H and O–H groups in total. The number of halogens is 3. The molecule has 10 heteroatoms. The topological polar surface area (TPSA) is 79.0 Å². The average Bonchev–Trinajstić information content (AvgIpc) is 3.68. The molecular formula is C24H24F3N3O4. The number of anilines is 1. The van der Waals surface area contributed by atoms with E-state index in [1.165, 1.54) is 21.9 Å². The van der Waals surface area contributed by atoms with Gasteiger partial charge >= 0.3 is 6.18 Å². The van der Waals surface area contributed by atoms with E-state index in [0.717, 1.165) is 25.0 Å². The molecule has 4 rings (SSSR count). The summed E-state index contributed by atoms with van der Waals surface area (Å²) in [6.07, 6.45) is -2.84. The van der Waals surface area contributed by atoms with Gasteiger partial charge in [-0.05, 0) is 37.1 Å². The lowest BCUT2D eigenvalue weighted by molar-refractivity contribution is -0.138. The van der Waals surface area contributed by atoms with Crippen LogP contribution in [0.3, 0.4) is 0 Å². The van der Waals surface area contributed by atoms with E-state index in [0.29, 0.717) is 11.4 Å². The number of ether oxygens (including phenoxy) is 1. The van der Waals surface area contributed by atoms with Gasteiger partial charge in [0.1, 0.15) is 5.75 Å². The first-order valence-electron chi connectivity index (χ1n) is 11.0. The van der Waals surface area contributed by atoms with Crippen molar-refractivity contribution in [1.82, 2.24) is 9.80 Å². The molecule has 0 aromatic heterocycles. The molecule has 0 bridgehead atoms. The van der Waals surface area contributed by atoms with Gasteiger partial charge in [0.05, 0.1) is 11.1 Å². The quantitative estimate of drug-likeness (QED) is 0.695. The molecule has 1 aliphatic heterocycles. The van der Waals surface area contributed by atoms with Gasteiger partial charge in [0.15, 0.2) is 6.61 Å². The van der Waals surface area contributed by atoms with E-state index in [-0.39, 0.29) is 50.5 Å². The molecule has 7 nitrogen and oxygen atoms in total. The van der Waals surface area contributed by atoms with E-state index in [2.05, 4.69) is 5.32 Å². The number of rotatable bonds is 6. The van der Waals surface area contributed by atoms with Gasteiger partial charge in [0.2, 0.25) is 5.91 Å². The molecule has 2 aromatic rings. The van der Waals surface area contributed by atoms with E-state index in [4.69, 9.17) is 4.74 Å². The van der Waals surface area contributed by atoms with Crippen molar-refractivity contribution in [2.45, 2.75) is 19.0 Å². The molecule has 2 fully saturated rings. The van der Waals surface area contributed by atoms with Crippen LogP contribution < -0.4 is 10.1 Å². The van der Waals surface area contributed by atoms with Crippen molar-refractivity contribution < 1.29 is 32.3 Å². The predicted octanol–water partition coefficient (Wildman–Crippen LogP) is 3.42. The Morgan fingerprint density at radius 2 is 1.62 bits per heavy atom. The van der Waals surface area contributed by atoms with Gasteiger partial charge < -0.3 is 19.9 Å². The Balaban J connectivity index is 1.28. The minimum Gasteiger partial charge on any atom is -0.484 e. The van der Waals surface area contributed by atoms with Crippen LogP contribution in [0, 0.1) is 5.92 Å². The van der Waals surface area contributed by atoms with Crippen LogP contribution in [0.4, 0.5) is 18.9 Å². The van der Waals surface area contributed by atoms with Crippen LogP contribution in [0.2, 0.25) is 0 Å². The molecule has 1 aliphatic carbocycles. The maximum absolute atomic E-state index is 13.2. The van der Waals surface area contributed by atoms with Crippen LogP contribution in [0.15, 0.2) is 48.5 Å². The molecule has 0 radical (unpaired) electrons. The fourth-order valence-corrected chi connectivity index (χ4v) is 3.74. The third-order valence-electron chi connectivity index (χ3n) is 5.79. The minimum atomic E-state index is -4.63. The van der Waals surface area contributed by atoms with Crippen LogP contribution in [-0.4, -0.2) is 60.3 Å². The van der Waals surface area contributed by atoms with Crippen LogP contribution in [0.25, 0.3) is 0 Å². The monoisotopic (exact) mass is 475 g/mol. The number of carbonyl (C=O) groups excluding carboxylic acids is 3. The number of hydrogen-bond acceptors (Lipinski definition) is 4. The smallest absolute Gasteiger partial charge is 0.417 e. The Hall–Kier alpha value is -3.56. The van der Waals surface area contributed by atoms with Gasteiger partial charge in [0.25, 0.3) is 11.8 Å². The maximum Gasteiger partial charge on any atom is 0.417 e. The Labute approximate surface area is 194 Å². The Kier molecular flexibility index (Phi) is 6.76. The molecule has 0 unspecified atom stereocenters. The highest BCUT2D eigenvalue weighted by Crippen LogP contribution is 2.33. The first-order chi connectivity index (χ1) is 16.2. The van der Waals surface area contributed by atoms with Gasteiger partial charge in [-0.3, -0.25) is 14.4 Å². The summed E-state index contributed by atoms with van der Waals surface area (Å²) in [5, 5.41) is 2.82. The number of alkyl halides is 3. The zero-order valence-corrected chi connectivity index (χ0v) is 18.3. The molecule has 2 aromatic carbocycles. The zero-order valence-electron chi connectivity index (χ0n) is 18.3. The van der Waals surface area contributed by atoms with Crippen molar-refractivity contribution in [3.63, 3.8) is 0 Å². The summed E-state index contributed by atoms with van der Waals surface area (Å²) in [5.74, 6) is -0.534. The number of carbonyl (C=O) groups is 3. The summed E-state index contributed by atoms with van der Waals surface area (Å²) in [4.78, 5) is 39.9. The lowest BCUT2D eigenvalue weighted by Crippen LogP contribution is -2.51. The fraction of sp³-hybridized carbons (Fsp3) is 0.375. The number of amides is 3. The Bertz CT molecular complexity index is 1080. The summed E-state index contributed by atoms with van der Waals surface area (Å²) < 4.78 is 45.3. The van der Waals surface area contributed by atoms with Gasteiger partial charge in [-0.1, -0.05) is 18.2 Å². The maximum atomic E-state index is 13.2. The normalized spacial score (nSPS) is 16.2. The molecule has 180 valence electrons. The molecule has 1 heterocycles. The van der Waals surface area contributed by atoms with Crippen molar-refractivity contribution in [2.75, 3.05) is 38.1 Å². The SMILES string of the molecule is O=C(Nc1cccc(OCC(=O)N2CCN(C(=O)c3ccccc3C(F)(F)F)CC2)c1)C1CC1. The summed E-state index contributed by atoms with van der Waals surface area (Å²) in [5.41, 5.74) is -0.776. The predicted molar refractivity (Wildman–Crippen MR) is 117 cm³/mol. The highest BCUT2D eigenvalue weighted by Gasteiger charge is 2.36. The molecule has 1 saturated carbocycles. The second-order valence-corrected chi connectivity index (χ2v) is 8.30. The second kappa shape index (κ2) is 9.74. The van der Waals surface area contributed by atoms with Crippen molar-refractivity contribution in [3.05, 3.63) is 59.7 Å². The van der Waals surface area contributed by atoms with Crippen molar-refractivity contribution >= 4 is 23.4 Å². The Morgan fingerprint density at radius 3 is 2.29 bits per heavy atom. The number of hydrogen-bond donors (Lipinski definition) is 1. The highest BCUT2D eigenvalue weighted by molar-refractivity contribution is 5.96. The molecule has 34 heavy (non-hydrogen) atoms. The van der Waals surface area contributed by atoms with E-state index >= 15 is 0 Å². The van der Waals surface area contributed by atoms with E-state index < -0.39 is 23.2 Å². The minimum absolute atomic E-state index is 0.0292. The summed E-state index contributed by atoms with van der Waals surface area (Å²) in [7, 11) is 0.